The van der Waals surface area contributed by atoms with Crippen LogP contribution in [0.25, 0.3) is 0 Å². The SMILES string of the molecule is C=C(C)C(NC(=O)Cc1cccnc1)c1ccc(F)c(F)c1. The van der Waals surface area contributed by atoms with Crippen molar-refractivity contribution in [3.8, 4) is 0 Å². The highest BCUT2D eigenvalue weighted by atomic mass is 19.2. The molecule has 0 fully saturated rings. The van der Waals surface area contributed by atoms with Crippen LogP contribution >= 0.6 is 0 Å². The van der Waals surface area contributed by atoms with E-state index in [0.29, 0.717) is 11.1 Å². The highest BCUT2D eigenvalue weighted by Crippen LogP contribution is 2.22. The van der Waals surface area contributed by atoms with Gasteiger partial charge in [0.25, 0.3) is 0 Å². The molecule has 2 aromatic rings. The van der Waals surface area contributed by atoms with Crippen molar-refractivity contribution in [1.82, 2.24) is 10.3 Å². The van der Waals surface area contributed by atoms with Crippen molar-refractivity contribution in [2.75, 3.05) is 0 Å². The quantitative estimate of drug-likeness (QED) is 0.861. The van der Waals surface area contributed by atoms with Gasteiger partial charge in [-0.3, -0.25) is 9.78 Å². The van der Waals surface area contributed by atoms with Crippen LogP contribution in [0.5, 0.6) is 0 Å². The zero-order chi connectivity index (χ0) is 16.1. The Morgan fingerprint density at radius 3 is 2.68 bits per heavy atom. The largest absolute Gasteiger partial charge is 0.345 e. The molecule has 0 bridgehead atoms. The zero-order valence-corrected chi connectivity index (χ0v) is 12.1. The molecule has 114 valence electrons. The third-order valence-electron chi connectivity index (χ3n) is 3.16. The predicted octanol–water partition coefficient (Wildman–Crippen LogP) is 3.34. The van der Waals surface area contributed by atoms with Gasteiger partial charge in [-0.2, -0.15) is 0 Å². The molecule has 0 saturated heterocycles. The van der Waals surface area contributed by atoms with Gasteiger partial charge in [0.15, 0.2) is 11.6 Å². The van der Waals surface area contributed by atoms with E-state index in [1.54, 1.807) is 31.5 Å². The maximum Gasteiger partial charge on any atom is 0.225 e. The summed E-state index contributed by atoms with van der Waals surface area (Å²) in [5.41, 5.74) is 1.85. The molecule has 1 unspecified atom stereocenters. The molecule has 1 N–H and O–H groups in total. The molecule has 3 nitrogen and oxygen atoms in total. The summed E-state index contributed by atoms with van der Waals surface area (Å²) in [6.45, 7) is 5.52. The second-order valence-corrected chi connectivity index (χ2v) is 5.06. The Balaban J connectivity index is 2.13. The molecule has 1 aromatic carbocycles. The number of halogens is 2. The van der Waals surface area contributed by atoms with Gasteiger partial charge in [0, 0.05) is 12.4 Å². The Morgan fingerprint density at radius 2 is 2.09 bits per heavy atom. The predicted molar refractivity (Wildman–Crippen MR) is 80.0 cm³/mol. The lowest BCUT2D eigenvalue weighted by Crippen LogP contribution is -2.30. The molecule has 0 saturated carbocycles. The fourth-order valence-electron chi connectivity index (χ4n) is 2.08. The molecule has 1 aromatic heterocycles. The molecule has 0 aliphatic carbocycles. The van der Waals surface area contributed by atoms with E-state index in [1.165, 1.54) is 6.07 Å². The number of nitrogens with zero attached hydrogens (tertiary/aromatic N) is 1. The number of aromatic nitrogens is 1. The third kappa shape index (κ3) is 3.97. The summed E-state index contributed by atoms with van der Waals surface area (Å²) in [6, 6.07) is 6.50. The first-order chi connectivity index (χ1) is 10.5. The highest BCUT2D eigenvalue weighted by Gasteiger charge is 2.17. The second-order valence-electron chi connectivity index (χ2n) is 5.06. The third-order valence-corrected chi connectivity index (χ3v) is 3.16. The van der Waals surface area contributed by atoms with Crippen molar-refractivity contribution in [2.24, 2.45) is 0 Å². The lowest BCUT2D eigenvalue weighted by molar-refractivity contribution is -0.121. The van der Waals surface area contributed by atoms with Crippen LogP contribution in [0.2, 0.25) is 0 Å². The van der Waals surface area contributed by atoms with E-state index < -0.39 is 17.7 Å². The minimum absolute atomic E-state index is 0.154. The van der Waals surface area contributed by atoms with Crippen molar-refractivity contribution >= 4 is 5.91 Å². The van der Waals surface area contributed by atoms with Crippen LogP contribution in [-0.4, -0.2) is 10.9 Å². The van der Waals surface area contributed by atoms with Crippen LogP contribution in [0.3, 0.4) is 0 Å². The molecule has 1 heterocycles. The topological polar surface area (TPSA) is 42.0 Å². The molecule has 1 atom stereocenters. The minimum Gasteiger partial charge on any atom is -0.345 e. The number of carbonyl (C=O) groups is 1. The molecule has 1 amide bonds. The smallest absolute Gasteiger partial charge is 0.225 e. The van der Waals surface area contributed by atoms with Crippen LogP contribution in [-0.2, 0) is 11.2 Å². The van der Waals surface area contributed by atoms with E-state index in [9.17, 15) is 13.6 Å². The second kappa shape index (κ2) is 6.93. The van der Waals surface area contributed by atoms with Crippen molar-refractivity contribution in [1.29, 1.82) is 0 Å². The number of hydrogen-bond acceptors (Lipinski definition) is 2. The Labute approximate surface area is 127 Å². The minimum atomic E-state index is -0.953. The van der Waals surface area contributed by atoms with Crippen molar-refractivity contribution < 1.29 is 13.6 Å². The molecule has 0 spiro atoms. The van der Waals surface area contributed by atoms with Gasteiger partial charge in [-0.1, -0.05) is 24.3 Å². The van der Waals surface area contributed by atoms with Gasteiger partial charge >= 0.3 is 0 Å². The Bertz CT molecular complexity index is 686. The standard InChI is InChI=1S/C17H16F2N2O/c1-11(2)17(13-5-6-14(18)15(19)9-13)21-16(22)8-12-4-3-7-20-10-12/h3-7,9-10,17H,1,8H2,2H3,(H,21,22). The Kier molecular flexibility index (Phi) is 4.99. The summed E-state index contributed by atoms with van der Waals surface area (Å²) in [7, 11) is 0. The molecule has 0 aliphatic heterocycles. The van der Waals surface area contributed by atoms with Crippen molar-refractivity contribution in [3.63, 3.8) is 0 Å². The summed E-state index contributed by atoms with van der Waals surface area (Å²) in [6.07, 6.45) is 3.38. The molecule has 22 heavy (non-hydrogen) atoms. The number of hydrogen-bond donors (Lipinski definition) is 1. The van der Waals surface area contributed by atoms with Crippen LogP contribution in [0.15, 0.2) is 54.9 Å². The van der Waals surface area contributed by atoms with Crippen molar-refractivity contribution in [3.05, 3.63) is 77.6 Å². The number of carbonyl (C=O) groups excluding carboxylic acids is 1. The summed E-state index contributed by atoms with van der Waals surface area (Å²) in [5, 5.41) is 2.77. The van der Waals surface area contributed by atoms with Gasteiger partial charge in [-0.05, 0) is 36.2 Å². The maximum absolute atomic E-state index is 13.4. The Morgan fingerprint density at radius 1 is 1.32 bits per heavy atom. The average Bonchev–Trinajstić information content (AvgIpc) is 2.48. The number of amides is 1. The fraction of sp³-hybridized carbons (Fsp3) is 0.176. The first kappa shape index (κ1) is 15.8. The number of rotatable bonds is 5. The van der Waals surface area contributed by atoms with Crippen molar-refractivity contribution in [2.45, 2.75) is 19.4 Å². The van der Waals surface area contributed by atoms with Crippen LogP contribution in [0.4, 0.5) is 8.78 Å². The normalized spacial score (nSPS) is 11.8. The summed E-state index contributed by atoms with van der Waals surface area (Å²) in [5.74, 6) is -2.12. The highest BCUT2D eigenvalue weighted by molar-refractivity contribution is 5.79. The molecule has 5 heteroatoms. The Hall–Kier alpha value is -2.56. The van der Waals surface area contributed by atoms with E-state index in [2.05, 4.69) is 16.9 Å². The first-order valence-corrected chi connectivity index (χ1v) is 6.76. The summed E-state index contributed by atoms with van der Waals surface area (Å²) in [4.78, 5) is 16.0. The van der Waals surface area contributed by atoms with Gasteiger partial charge in [-0.25, -0.2) is 8.78 Å². The lowest BCUT2D eigenvalue weighted by Gasteiger charge is -2.19. The molecule has 2 rings (SSSR count). The van der Waals surface area contributed by atoms with Crippen LogP contribution in [0, 0.1) is 11.6 Å². The van der Waals surface area contributed by atoms with E-state index >= 15 is 0 Å². The van der Waals surface area contributed by atoms with Crippen LogP contribution in [0.1, 0.15) is 24.1 Å². The summed E-state index contributed by atoms with van der Waals surface area (Å²) >= 11 is 0. The van der Waals surface area contributed by atoms with Crippen LogP contribution < -0.4 is 5.32 Å². The van der Waals surface area contributed by atoms with Gasteiger partial charge in [-0.15, -0.1) is 0 Å². The van der Waals surface area contributed by atoms with Gasteiger partial charge < -0.3 is 5.32 Å². The number of nitrogens with one attached hydrogen (secondary N) is 1. The van der Waals surface area contributed by atoms with E-state index in [-0.39, 0.29) is 12.3 Å². The molecular weight excluding hydrogens is 286 g/mol. The molecule has 0 radical (unpaired) electrons. The zero-order valence-electron chi connectivity index (χ0n) is 12.1. The van der Waals surface area contributed by atoms with Gasteiger partial charge in [0.1, 0.15) is 0 Å². The van der Waals surface area contributed by atoms with Gasteiger partial charge in [0.05, 0.1) is 12.5 Å². The maximum atomic E-state index is 13.4. The first-order valence-electron chi connectivity index (χ1n) is 6.76. The lowest BCUT2D eigenvalue weighted by atomic mass is 10.00. The monoisotopic (exact) mass is 302 g/mol. The van der Waals surface area contributed by atoms with Gasteiger partial charge in [0.2, 0.25) is 5.91 Å². The molecule has 0 aliphatic rings. The van der Waals surface area contributed by atoms with E-state index in [4.69, 9.17) is 0 Å². The van der Waals surface area contributed by atoms with E-state index in [1.807, 2.05) is 0 Å². The average molecular weight is 302 g/mol. The number of pyridine rings is 1. The fourth-order valence-corrected chi connectivity index (χ4v) is 2.08. The number of benzene rings is 1. The molecular formula is C17H16F2N2O. The summed E-state index contributed by atoms with van der Waals surface area (Å²) < 4.78 is 26.4. The van der Waals surface area contributed by atoms with E-state index in [0.717, 1.165) is 17.7 Å².